The SMILES string of the molecule is NNC(=O)c1c[nH]c2c(OCc3ccccc3)cccc12. The third kappa shape index (κ3) is 2.59. The van der Waals surface area contributed by atoms with Gasteiger partial charge in [0.2, 0.25) is 0 Å². The Morgan fingerprint density at radius 1 is 1.14 bits per heavy atom. The summed E-state index contributed by atoms with van der Waals surface area (Å²) < 4.78 is 5.84. The number of H-pyrrole nitrogens is 1. The summed E-state index contributed by atoms with van der Waals surface area (Å²) in [5.74, 6) is 5.55. The van der Waals surface area contributed by atoms with Gasteiger partial charge in [-0.2, -0.15) is 0 Å². The van der Waals surface area contributed by atoms with E-state index in [0.29, 0.717) is 17.9 Å². The molecule has 0 saturated carbocycles. The first-order valence-electron chi connectivity index (χ1n) is 6.57. The number of ether oxygens (including phenoxy) is 1. The highest BCUT2D eigenvalue weighted by molar-refractivity contribution is 6.07. The molecule has 5 nitrogen and oxygen atoms in total. The molecule has 5 heteroatoms. The number of nitrogens with two attached hydrogens (primary N) is 1. The molecule has 106 valence electrons. The average Bonchev–Trinajstić information content (AvgIpc) is 2.97. The van der Waals surface area contributed by atoms with Gasteiger partial charge in [0, 0.05) is 11.6 Å². The van der Waals surface area contributed by atoms with E-state index in [1.807, 2.05) is 48.5 Å². The van der Waals surface area contributed by atoms with Gasteiger partial charge in [-0.25, -0.2) is 5.84 Å². The van der Waals surface area contributed by atoms with Crippen LogP contribution < -0.4 is 16.0 Å². The molecule has 0 spiro atoms. The van der Waals surface area contributed by atoms with E-state index in [-0.39, 0.29) is 5.91 Å². The number of nitrogen functional groups attached to an aromatic ring is 1. The fourth-order valence-corrected chi connectivity index (χ4v) is 2.25. The second-order valence-corrected chi connectivity index (χ2v) is 4.63. The number of nitrogens with one attached hydrogen (secondary N) is 2. The van der Waals surface area contributed by atoms with Crippen molar-refractivity contribution in [2.45, 2.75) is 6.61 Å². The van der Waals surface area contributed by atoms with Crippen LogP contribution in [0.3, 0.4) is 0 Å². The Morgan fingerprint density at radius 3 is 2.71 bits per heavy atom. The molecule has 1 aromatic heterocycles. The van der Waals surface area contributed by atoms with Crippen LogP contribution in [-0.2, 0) is 6.61 Å². The maximum atomic E-state index is 11.7. The second kappa shape index (κ2) is 5.68. The lowest BCUT2D eigenvalue weighted by atomic mass is 10.1. The molecule has 0 radical (unpaired) electrons. The molecule has 0 fully saturated rings. The van der Waals surface area contributed by atoms with Crippen LogP contribution in [0.15, 0.2) is 54.7 Å². The van der Waals surface area contributed by atoms with Crippen LogP contribution in [0, 0.1) is 0 Å². The number of rotatable bonds is 4. The van der Waals surface area contributed by atoms with Crippen molar-refractivity contribution in [1.29, 1.82) is 0 Å². The van der Waals surface area contributed by atoms with E-state index < -0.39 is 0 Å². The van der Waals surface area contributed by atoms with E-state index >= 15 is 0 Å². The summed E-state index contributed by atoms with van der Waals surface area (Å²) in [6, 6.07) is 15.5. The number of fused-ring (bicyclic) bond motifs is 1. The van der Waals surface area contributed by atoms with Gasteiger partial charge in [-0.15, -0.1) is 0 Å². The van der Waals surface area contributed by atoms with Crippen molar-refractivity contribution < 1.29 is 9.53 Å². The van der Waals surface area contributed by atoms with E-state index in [9.17, 15) is 4.79 Å². The summed E-state index contributed by atoms with van der Waals surface area (Å²) >= 11 is 0. The normalized spacial score (nSPS) is 10.5. The molecular formula is C16H15N3O2. The van der Waals surface area contributed by atoms with Gasteiger partial charge in [-0.05, 0) is 11.6 Å². The van der Waals surface area contributed by atoms with Crippen LogP contribution in [0.5, 0.6) is 5.75 Å². The fraction of sp³-hybridized carbons (Fsp3) is 0.0625. The molecule has 2 aromatic carbocycles. The van der Waals surface area contributed by atoms with Crippen LogP contribution in [0.1, 0.15) is 15.9 Å². The first-order valence-corrected chi connectivity index (χ1v) is 6.57. The molecule has 3 rings (SSSR count). The molecule has 0 atom stereocenters. The monoisotopic (exact) mass is 281 g/mol. The number of carbonyl (C=O) groups excluding carboxylic acids is 1. The summed E-state index contributed by atoms with van der Waals surface area (Å²) in [7, 11) is 0. The third-order valence-corrected chi connectivity index (χ3v) is 3.29. The van der Waals surface area contributed by atoms with E-state index in [0.717, 1.165) is 16.5 Å². The first-order chi connectivity index (χ1) is 10.3. The molecule has 0 aliphatic rings. The summed E-state index contributed by atoms with van der Waals surface area (Å²) in [5, 5.41) is 0.781. The van der Waals surface area contributed by atoms with Crippen molar-refractivity contribution in [1.82, 2.24) is 10.4 Å². The van der Waals surface area contributed by atoms with Gasteiger partial charge in [0.25, 0.3) is 5.91 Å². The number of amides is 1. The van der Waals surface area contributed by atoms with Crippen LogP contribution in [0.4, 0.5) is 0 Å². The van der Waals surface area contributed by atoms with E-state index in [1.54, 1.807) is 6.20 Å². The highest BCUT2D eigenvalue weighted by Crippen LogP contribution is 2.27. The predicted octanol–water partition coefficient (Wildman–Crippen LogP) is 2.35. The van der Waals surface area contributed by atoms with E-state index in [1.165, 1.54) is 0 Å². The summed E-state index contributed by atoms with van der Waals surface area (Å²) in [6.07, 6.45) is 1.63. The first kappa shape index (κ1) is 13.2. The number of aromatic nitrogens is 1. The Kier molecular flexibility index (Phi) is 3.57. The molecule has 0 saturated heterocycles. The van der Waals surface area contributed by atoms with Crippen LogP contribution in [0.2, 0.25) is 0 Å². The van der Waals surface area contributed by atoms with Crippen LogP contribution in [0.25, 0.3) is 10.9 Å². The molecule has 0 aliphatic carbocycles. The minimum atomic E-state index is -0.332. The van der Waals surface area contributed by atoms with Crippen molar-refractivity contribution >= 4 is 16.8 Å². The molecule has 21 heavy (non-hydrogen) atoms. The largest absolute Gasteiger partial charge is 0.487 e. The van der Waals surface area contributed by atoms with Gasteiger partial charge >= 0.3 is 0 Å². The zero-order chi connectivity index (χ0) is 14.7. The standard InChI is InChI=1S/C16H15N3O2/c17-19-16(20)13-9-18-15-12(13)7-4-8-14(15)21-10-11-5-2-1-3-6-11/h1-9,18H,10,17H2,(H,19,20). The van der Waals surface area contributed by atoms with Crippen LogP contribution in [-0.4, -0.2) is 10.9 Å². The number of hydrogen-bond acceptors (Lipinski definition) is 3. The molecule has 4 N–H and O–H groups in total. The molecule has 1 heterocycles. The smallest absolute Gasteiger partial charge is 0.267 e. The number of para-hydroxylation sites is 1. The maximum absolute atomic E-state index is 11.7. The molecule has 1 amide bonds. The Labute approximate surface area is 121 Å². The molecular weight excluding hydrogens is 266 g/mol. The van der Waals surface area contributed by atoms with Gasteiger partial charge in [0.05, 0.1) is 11.1 Å². The minimum absolute atomic E-state index is 0.332. The predicted molar refractivity (Wildman–Crippen MR) is 80.7 cm³/mol. The average molecular weight is 281 g/mol. The second-order valence-electron chi connectivity index (χ2n) is 4.63. The summed E-state index contributed by atoms with van der Waals surface area (Å²) in [5.41, 5.74) is 4.50. The maximum Gasteiger partial charge on any atom is 0.267 e. The summed E-state index contributed by atoms with van der Waals surface area (Å²) in [4.78, 5) is 14.7. The third-order valence-electron chi connectivity index (χ3n) is 3.29. The van der Waals surface area contributed by atoms with Crippen molar-refractivity contribution in [3.63, 3.8) is 0 Å². The van der Waals surface area contributed by atoms with Crippen LogP contribution >= 0.6 is 0 Å². The zero-order valence-electron chi connectivity index (χ0n) is 11.3. The van der Waals surface area contributed by atoms with Crippen molar-refractivity contribution in [2.75, 3.05) is 0 Å². The Hall–Kier alpha value is -2.79. The van der Waals surface area contributed by atoms with Gasteiger partial charge in [-0.3, -0.25) is 10.2 Å². The lowest BCUT2D eigenvalue weighted by molar-refractivity contribution is 0.0955. The number of hydrazine groups is 1. The Bertz CT molecular complexity index is 766. The van der Waals surface area contributed by atoms with Crippen molar-refractivity contribution in [2.24, 2.45) is 5.84 Å². The van der Waals surface area contributed by atoms with Gasteiger partial charge in [-0.1, -0.05) is 42.5 Å². The number of carbonyl (C=O) groups is 1. The molecule has 0 unspecified atom stereocenters. The van der Waals surface area contributed by atoms with Gasteiger partial charge < -0.3 is 9.72 Å². The van der Waals surface area contributed by atoms with Crippen molar-refractivity contribution in [3.8, 4) is 5.75 Å². The van der Waals surface area contributed by atoms with E-state index in [4.69, 9.17) is 10.6 Å². The minimum Gasteiger partial charge on any atom is -0.487 e. The van der Waals surface area contributed by atoms with Gasteiger partial charge in [0.1, 0.15) is 12.4 Å². The Balaban J connectivity index is 1.89. The topological polar surface area (TPSA) is 80.1 Å². The Morgan fingerprint density at radius 2 is 1.95 bits per heavy atom. The zero-order valence-corrected chi connectivity index (χ0v) is 11.3. The number of benzene rings is 2. The quantitative estimate of drug-likeness (QED) is 0.390. The van der Waals surface area contributed by atoms with Gasteiger partial charge in [0.15, 0.2) is 0 Å². The number of hydrogen-bond donors (Lipinski definition) is 3. The highest BCUT2D eigenvalue weighted by atomic mass is 16.5. The summed E-state index contributed by atoms with van der Waals surface area (Å²) in [6.45, 7) is 0.470. The molecule has 3 aromatic rings. The molecule has 0 bridgehead atoms. The molecule has 0 aliphatic heterocycles. The fourth-order valence-electron chi connectivity index (χ4n) is 2.25. The highest BCUT2D eigenvalue weighted by Gasteiger charge is 2.13. The van der Waals surface area contributed by atoms with Crippen molar-refractivity contribution in [3.05, 3.63) is 65.9 Å². The van der Waals surface area contributed by atoms with E-state index in [2.05, 4.69) is 10.4 Å². The number of aromatic amines is 1. The lowest BCUT2D eigenvalue weighted by Crippen LogP contribution is -2.29. The lowest BCUT2D eigenvalue weighted by Gasteiger charge is -2.07.